The molecule has 0 amide bonds. The Morgan fingerprint density at radius 1 is 0.826 bits per heavy atom. The van der Waals surface area contributed by atoms with E-state index in [1.807, 2.05) is 11.7 Å². The molecule has 0 N–H and O–H groups in total. The second-order valence-electron chi connectivity index (χ2n) is 9.30. The topological polar surface area (TPSA) is 16.3 Å². The molecule has 0 spiro atoms. The predicted molar refractivity (Wildman–Crippen MR) is 107 cm³/mol. The molecule has 0 bridgehead atoms. The van der Waals surface area contributed by atoms with Crippen LogP contribution < -0.4 is 0 Å². The molecule has 1 aromatic rings. The summed E-state index contributed by atoms with van der Waals surface area (Å²) in [6.07, 6.45) is 0. The molecule has 0 saturated carbocycles. The number of aromatic nitrogens is 2. The molecular weight excluding hydrogens is 322 g/mol. The average molecular weight is 358 g/mol. The van der Waals surface area contributed by atoms with Crippen LogP contribution in [0.1, 0.15) is 69.2 Å². The van der Waals surface area contributed by atoms with Crippen LogP contribution in [0.5, 0.6) is 0 Å². The Morgan fingerprint density at radius 2 is 1.22 bits per heavy atom. The molecule has 0 unspecified atom stereocenters. The molecule has 2 rings (SSSR count). The zero-order valence-corrected chi connectivity index (χ0v) is 18.5. The lowest BCUT2D eigenvalue weighted by Gasteiger charge is -2.39. The molecule has 0 aliphatic carbocycles. The van der Waals surface area contributed by atoms with Crippen molar-refractivity contribution in [2.75, 3.05) is 13.1 Å². The van der Waals surface area contributed by atoms with Crippen molar-refractivity contribution in [3.63, 3.8) is 0 Å². The lowest BCUT2D eigenvalue weighted by atomic mass is 9.88. The Kier molecular flexibility index (Phi) is 5.54. The van der Waals surface area contributed by atoms with E-state index in [9.17, 15) is 0 Å². The zero-order valence-electron chi connectivity index (χ0n) is 16.8. The molecule has 4 nitrogen and oxygen atoms in total. The quantitative estimate of drug-likeness (QED) is 0.584. The van der Waals surface area contributed by atoms with Gasteiger partial charge in [0.2, 0.25) is 0 Å². The highest BCUT2D eigenvalue weighted by Gasteiger charge is 2.49. The van der Waals surface area contributed by atoms with Crippen LogP contribution in [0.2, 0.25) is 0 Å². The number of hydrogen-bond acceptors (Lipinski definition) is 3. The van der Waals surface area contributed by atoms with Crippen molar-refractivity contribution in [3.05, 3.63) is 0 Å². The molecule has 1 aliphatic heterocycles. The summed E-state index contributed by atoms with van der Waals surface area (Å²) in [4.78, 5) is 5.29. The third-order valence-corrected chi connectivity index (χ3v) is 9.08. The van der Waals surface area contributed by atoms with E-state index in [-0.39, 0.29) is 8.07 Å². The smallest absolute Gasteiger partial charge is 0.303 e. The summed E-state index contributed by atoms with van der Waals surface area (Å²) in [6, 6.07) is 1.17. The van der Waals surface area contributed by atoms with Gasteiger partial charge in [-0.2, -0.15) is 0 Å². The highest BCUT2D eigenvalue weighted by atomic mass is 32.1. The monoisotopic (exact) mass is 358 g/mol. The van der Waals surface area contributed by atoms with Crippen LogP contribution in [0.15, 0.2) is 0 Å². The molecule has 1 aromatic heterocycles. The first-order chi connectivity index (χ1) is 10.4. The normalized spacial score (nSPS) is 19.3. The Morgan fingerprint density at radius 3 is 1.52 bits per heavy atom. The lowest BCUT2D eigenvalue weighted by Crippen LogP contribution is -2.53. The van der Waals surface area contributed by atoms with Crippen LogP contribution in [0, 0.1) is 0 Å². The molecule has 1 saturated heterocycles. The third-order valence-electron chi connectivity index (χ3n) is 4.48. The van der Waals surface area contributed by atoms with Crippen molar-refractivity contribution >= 4 is 26.9 Å². The Bertz CT molecular complexity index is 476. The van der Waals surface area contributed by atoms with Crippen molar-refractivity contribution in [2.24, 2.45) is 0 Å². The highest BCUT2D eigenvalue weighted by Crippen LogP contribution is 2.62. The van der Waals surface area contributed by atoms with E-state index in [4.69, 9.17) is 0 Å². The summed E-state index contributed by atoms with van der Waals surface area (Å²) in [6.45, 7) is 26.0. The van der Waals surface area contributed by atoms with Crippen molar-refractivity contribution in [1.29, 1.82) is 0 Å². The zero-order chi connectivity index (χ0) is 17.7. The average Bonchev–Trinajstić information content (AvgIpc) is 2.93. The molecule has 0 atom stereocenters. The standard InChI is InChI=1S/C16H36BN4PS/c1-13(2)18-11-12-19(14(3)4)17(18)20-21(23-20)22(15(5,6)7)16(8,9)10/h13-14H,11-12H2,1-10H3. The van der Waals surface area contributed by atoms with Crippen molar-refractivity contribution < 1.29 is 0 Å². The maximum absolute atomic E-state index is 2.64. The minimum Gasteiger partial charge on any atom is -0.303 e. The van der Waals surface area contributed by atoms with E-state index < -0.39 is 0 Å². The van der Waals surface area contributed by atoms with E-state index >= 15 is 0 Å². The van der Waals surface area contributed by atoms with Gasteiger partial charge in [-0.05, 0) is 12.1 Å². The molecular formula is C16H36BN4PS. The van der Waals surface area contributed by atoms with Gasteiger partial charge in [-0.15, -0.1) is 0 Å². The lowest BCUT2D eigenvalue weighted by molar-refractivity contribution is 0.390. The van der Waals surface area contributed by atoms with E-state index in [1.165, 1.54) is 13.1 Å². The van der Waals surface area contributed by atoms with Gasteiger partial charge in [0.25, 0.3) is 0 Å². The molecule has 1 fully saturated rings. The Balaban J connectivity index is 2.33. The van der Waals surface area contributed by atoms with Crippen LogP contribution in [-0.2, 0) is 0 Å². The molecule has 23 heavy (non-hydrogen) atoms. The Labute approximate surface area is 149 Å². The fourth-order valence-electron chi connectivity index (χ4n) is 3.79. The number of rotatable bonds is 4. The molecule has 134 valence electrons. The second kappa shape index (κ2) is 6.51. The second-order valence-corrected chi connectivity index (χ2v) is 14.1. The summed E-state index contributed by atoms with van der Waals surface area (Å²) >= 11 is 1.95. The molecule has 2 heterocycles. The van der Waals surface area contributed by atoms with E-state index in [0.29, 0.717) is 29.5 Å². The van der Waals surface area contributed by atoms with Crippen LogP contribution in [0.25, 0.3) is 0 Å². The van der Waals surface area contributed by atoms with Gasteiger partial charge in [0.1, 0.15) is 0 Å². The van der Waals surface area contributed by atoms with E-state index in [1.54, 1.807) is 0 Å². The van der Waals surface area contributed by atoms with Gasteiger partial charge in [-0.25, -0.2) is 7.82 Å². The van der Waals surface area contributed by atoms with Gasteiger partial charge in [-0.3, -0.25) is 0 Å². The summed E-state index contributed by atoms with van der Waals surface area (Å²) in [5.41, 5.74) is 0. The molecule has 7 heteroatoms. The highest BCUT2D eigenvalue weighted by molar-refractivity contribution is 7.63. The Hall–Kier alpha value is 0.235. The minimum atomic E-state index is -0.254. The van der Waals surface area contributed by atoms with Gasteiger partial charge in [0, 0.05) is 43.2 Å². The van der Waals surface area contributed by atoms with Crippen molar-refractivity contribution in [1.82, 2.24) is 17.4 Å². The largest absolute Gasteiger partial charge is 0.471 e. The third kappa shape index (κ3) is 4.08. The minimum absolute atomic E-state index is 0.254. The molecule has 1 aliphatic rings. The summed E-state index contributed by atoms with van der Waals surface area (Å²) in [5, 5.41) is 0.637. The van der Waals surface area contributed by atoms with Crippen LogP contribution in [0.4, 0.5) is 0 Å². The van der Waals surface area contributed by atoms with Gasteiger partial charge < -0.3 is 9.62 Å². The van der Waals surface area contributed by atoms with Crippen molar-refractivity contribution in [3.8, 4) is 0 Å². The van der Waals surface area contributed by atoms with Gasteiger partial charge >= 0.3 is 7.12 Å². The van der Waals surface area contributed by atoms with E-state index in [0.717, 1.165) is 0 Å². The van der Waals surface area contributed by atoms with Crippen molar-refractivity contribution in [2.45, 2.75) is 91.6 Å². The SMILES string of the molecule is CC(C)N1CCN(C(C)C)B1n1sn1P(C(C)(C)C)C(C)(C)C. The maximum atomic E-state index is 2.64. The van der Waals surface area contributed by atoms with Crippen LogP contribution in [-0.4, -0.2) is 60.0 Å². The van der Waals surface area contributed by atoms with Crippen LogP contribution in [0.3, 0.4) is 0 Å². The maximum Gasteiger partial charge on any atom is 0.471 e. The van der Waals surface area contributed by atoms with Gasteiger partial charge in [0.15, 0.2) is 0 Å². The first-order valence-electron chi connectivity index (χ1n) is 8.95. The fraction of sp³-hybridized carbons (Fsp3) is 1.00. The summed E-state index contributed by atoms with van der Waals surface area (Å²) < 4.78 is 5.16. The molecule has 0 radical (unpaired) electrons. The predicted octanol–water partition coefficient (Wildman–Crippen LogP) is 4.46. The fourth-order valence-corrected chi connectivity index (χ4v) is 9.83. The van der Waals surface area contributed by atoms with Crippen LogP contribution >= 0.6 is 19.8 Å². The summed E-state index contributed by atoms with van der Waals surface area (Å²) in [7, 11) is 0.158. The first kappa shape index (κ1) is 19.6. The number of nitrogens with zero attached hydrogens (tertiary/aromatic N) is 4. The summed E-state index contributed by atoms with van der Waals surface area (Å²) in [5.74, 6) is 0. The van der Waals surface area contributed by atoms with Gasteiger partial charge in [0.05, 0.1) is 0 Å². The first-order valence-corrected chi connectivity index (χ1v) is 11.0. The molecule has 0 aromatic carbocycles. The van der Waals surface area contributed by atoms with Gasteiger partial charge in [-0.1, -0.05) is 69.2 Å². The van der Waals surface area contributed by atoms with E-state index in [2.05, 4.69) is 86.7 Å². The number of hydrogen-bond donors (Lipinski definition) is 0.